The van der Waals surface area contributed by atoms with Gasteiger partial charge in [0.1, 0.15) is 17.3 Å². The highest BCUT2D eigenvalue weighted by atomic mass is 32.1. The first-order chi connectivity index (χ1) is 17.3. The number of oxazole rings is 1. The second kappa shape index (κ2) is 10.2. The number of ether oxygens (including phenoxy) is 1. The molecule has 0 aliphatic carbocycles. The van der Waals surface area contributed by atoms with Crippen molar-refractivity contribution in [1.82, 2.24) is 20.2 Å². The van der Waals surface area contributed by atoms with Gasteiger partial charge in [0.15, 0.2) is 5.58 Å². The molecule has 0 bridgehead atoms. The van der Waals surface area contributed by atoms with Crippen molar-refractivity contribution in [2.24, 2.45) is 0 Å². The summed E-state index contributed by atoms with van der Waals surface area (Å²) in [5.41, 5.74) is 5.86. The Labute approximate surface area is 208 Å². The Hall–Kier alpha value is -3.11. The van der Waals surface area contributed by atoms with Crippen molar-refractivity contribution < 1.29 is 9.15 Å². The predicted molar refractivity (Wildman–Crippen MR) is 139 cm³/mol. The van der Waals surface area contributed by atoms with Gasteiger partial charge in [0.25, 0.3) is 6.01 Å². The van der Waals surface area contributed by atoms with Crippen molar-refractivity contribution in [2.45, 2.75) is 45.1 Å². The SMILES string of the molecule is c1n[nH]cc1-c1nc(COCNc2cc3oc(N4CCCCC4)nc3cc2N2CCCCC2)cs1. The molecule has 6 rings (SSSR count). The topological polar surface area (TPSA) is 95.3 Å². The molecule has 2 aliphatic heterocycles. The summed E-state index contributed by atoms with van der Waals surface area (Å²) in [5, 5.41) is 13.3. The molecule has 5 heterocycles. The molecule has 4 aromatic rings. The molecule has 9 nitrogen and oxygen atoms in total. The van der Waals surface area contributed by atoms with Crippen LogP contribution < -0.4 is 15.1 Å². The van der Waals surface area contributed by atoms with Gasteiger partial charge in [-0.3, -0.25) is 5.10 Å². The number of thiazole rings is 1. The summed E-state index contributed by atoms with van der Waals surface area (Å²) >= 11 is 1.60. The zero-order valence-electron chi connectivity index (χ0n) is 19.8. The first kappa shape index (κ1) is 22.4. The maximum atomic E-state index is 6.20. The molecule has 3 aromatic heterocycles. The number of H-pyrrole nitrogens is 1. The lowest BCUT2D eigenvalue weighted by Gasteiger charge is -2.30. The third-order valence-corrected chi connectivity index (χ3v) is 7.67. The van der Waals surface area contributed by atoms with Gasteiger partial charge in [0.05, 0.1) is 29.9 Å². The summed E-state index contributed by atoms with van der Waals surface area (Å²) in [4.78, 5) is 14.2. The molecule has 0 unspecified atom stereocenters. The van der Waals surface area contributed by atoms with Gasteiger partial charge in [0, 0.05) is 49.4 Å². The number of hydrogen-bond donors (Lipinski definition) is 2. The Bertz CT molecular complexity index is 1240. The van der Waals surface area contributed by atoms with Crippen LogP contribution in [-0.4, -0.2) is 53.1 Å². The Morgan fingerprint density at radius 2 is 1.80 bits per heavy atom. The van der Waals surface area contributed by atoms with Crippen molar-refractivity contribution in [3.05, 3.63) is 35.6 Å². The van der Waals surface area contributed by atoms with E-state index < -0.39 is 0 Å². The first-order valence-corrected chi connectivity index (χ1v) is 13.4. The average Bonchev–Trinajstić information content (AvgIpc) is 3.68. The summed E-state index contributed by atoms with van der Waals surface area (Å²) in [5.74, 6) is 0. The Morgan fingerprint density at radius 1 is 1.00 bits per heavy atom. The van der Waals surface area contributed by atoms with Crippen LogP contribution >= 0.6 is 11.3 Å². The van der Waals surface area contributed by atoms with E-state index in [2.05, 4.69) is 42.4 Å². The molecule has 0 atom stereocenters. The molecule has 10 heteroatoms. The van der Waals surface area contributed by atoms with E-state index in [1.165, 1.54) is 44.2 Å². The predicted octanol–water partition coefficient (Wildman–Crippen LogP) is 5.24. The van der Waals surface area contributed by atoms with E-state index in [9.17, 15) is 0 Å². The van der Waals surface area contributed by atoms with E-state index in [1.807, 2.05) is 11.6 Å². The van der Waals surface area contributed by atoms with E-state index in [-0.39, 0.29) is 0 Å². The summed E-state index contributed by atoms with van der Waals surface area (Å²) in [6.45, 7) is 5.00. The summed E-state index contributed by atoms with van der Waals surface area (Å²) in [7, 11) is 0. The highest BCUT2D eigenvalue weighted by Crippen LogP contribution is 2.35. The number of nitrogens with one attached hydrogen (secondary N) is 2. The molecule has 1 aromatic carbocycles. The number of benzene rings is 1. The Morgan fingerprint density at radius 3 is 2.57 bits per heavy atom. The van der Waals surface area contributed by atoms with Gasteiger partial charge in [-0.25, -0.2) is 4.98 Å². The molecule has 2 N–H and O–H groups in total. The third-order valence-electron chi connectivity index (χ3n) is 6.73. The van der Waals surface area contributed by atoms with E-state index in [0.717, 1.165) is 65.2 Å². The van der Waals surface area contributed by atoms with Gasteiger partial charge in [-0.15, -0.1) is 11.3 Å². The molecule has 2 saturated heterocycles. The molecule has 0 amide bonds. The number of aromatic nitrogens is 4. The fraction of sp³-hybridized carbons (Fsp3) is 0.480. The largest absolute Gasteiger partial charge is 0.423 e. The second-order valence-electron chi connectivity index (χ2n) is 9.23. The van der Waals surface area contributed by atoms with E-state index in [0.29, 0.717) is 13.3 Å². The lowest BCUT2D eigenvalue weighted by Crippen LogP contribution is -2.30. The van der Waals surface area contributed by atoms with Crippen LogP contribution in [0, 0.1) is 0 Å². The number of hydrogen-bond acceptors (Lipinski definition) is 9. The van der Waals surface area contributed by atoms with Gasteiger partial charge in [-0.05, 0) is 44.6 Å². The summed E-state index contributed by atoms with van der Waals surface area (Å²) in [6, 6.07) is 5.01. The quantitative estimate of drug-likeness (QED) is 0.254. The minimum atomic E-state index is 0.387. The van der Waals surface area contributed by atoms with Crippen LogP contribution in [-0.2, 0) is 11.3 Å². The van der Waals surface area contributed by atoms with Crippen molar-refractivity contribution in [2.75, 3.05) is 48.0 Å². The van der Waals surface area contributed by atoms with Crippen molar-refractivity contribution >= 4 is 39.8 Å². The van der Waals surface area contributed by atoms with Crippen LogP contribution in [0.25, 0.3) is 21.7 Å². The highest BCUT2D eigenvalue weighted by molar-refractivity contribution is 7.13. The Kier molecular flexibility index (Phi) is 6.55. The second-order valence-corrected chi connectivity index (χ2v) is 10.1. The van der Waals surface area contributed by atoms with Crippen molar-refractivity contribution in [1.29, 1.82) is 0 Å². The summed E-state index contributed by atoms with van der Waals surface area (Å²) < 4.78 is 12.1. The fourth-order valence-corrected chi connectivity index (χ4v) is 5.65. The number of anilines is 3. The van der Waals surface area contributed by atoms with Crippen LogP contribution in [0.5, 0.6) is 0 Å². The highest BCUT2D eigenvalue weighted by Gasteiger charge is 2.21. The molecule has 35 heavy (non-hydrogen) atoms. The zero-order chi connectivity index (χ0) is 23.5. The number of piperidine rings is 2. The normalized spacial score (nSPS) is 16.8. The van der Waals surface area contributed by atoms with E-state index in [1.54, 1.807) is 17.5 Å². The molecule has 0 radical (unpaired) electrons. The number of aromatic amines is 1. The lowest BCUT2D eigenvalue weighted by atomic mass is 10.1. The third kappa shape index (κ3) is 4.99. The van der Waals surface area contributed by atoms with Gasteiger partial charge in [0.2, 0.25) is 0 Å². The number of fused-ring (bicyclic) bond motifs is 1. The molecular weight excluding hydrogens is 462 g/mol. The van der Waals surface area contributed by atoms with Crippen molar-refractivity contribution in [3.63, 3.8) is 0 Å². The fourth-order valence-electron chi connectivity index (χ4n) is 4.87. The maximum absolute atomic E-state index is 6.20. The molecule has 0 saturated carbocycles. The monoisotopic (exact) mass is 493 g/mol. The number of nitrogens with zero attached hydrogens (tertiary/aromatic N) is 5. The van der Waals surface area contributed by atoms with Gasteiger partial charge < -0.3 is 24.3 Å². The lowest BCUT2D eigenvalue weighted by molar-refractivity contribution is 0.136. The van der Waals surface area contributed by atoms with Crippen LogP contribution in [0.15, 0.2) is 34.3 Å². The number of rotatable bonds is 8. The van der Waals surface area contributed by atoms with Gasteiger partial charge >= 0.3 is 0 Å². The molecule has 2 aliphatic rings. The van der Waals surface area contributed by atoms with Crippen LogP contribution in [0.1, 0.15) is 44.2 Å². The van der Waals surface area contributed by atoms with Crippen LogP contribution in [0.3, 0.4) is 0 Å². The van der Waals surface area contributed by atoms with E-state index >= 15 is 0 Å². The van der Waals surface area contributed by atoms with E-state index in [4.69, 9.17) is 14.1 Å². The summed E-state index contributed by atoms with van der Waals surface area (Å²) in [6.07, 6.45) is 11.0. The van der Waals surface area contributed by atoms with Crippen LogP contribution in [0.2, 0.25) is 0 Å². The molecule has 0 spiro atoms. The van der Waals surface area contributed by atoms with Gasteiger partial charge in [-0.2, -0.15) is 10.1 Å². The van der Waals surface area contributed by atoms with Crippen molar-refractivity contribution in [3.8, 4) is 10.6 Å². The Balaban J connectivity index is 1.16. The molecule has 2 fully saturated rings. The van der Waals surface area contributed by atoms with Gasteiger partial charge in [-0.1, -0.05) is 0 Å². The zero-order valence-corrected chi connectivity index (χ0v) is 20.6. The standard InChI is InChI=1S/C25H31N7O2S/c1-3-7-31(8-4-1)22-11-21-23(34-25(30-21)32-9-5-2-6-10-32)12-20(22)26-17-33-15-19-16-35-24(29-19)18-13-27-28-14-18/h11-14,16,26H,1-10,15,17H2,(H,27,28). The molecular formula is C25H31N7O2S. The van der Waals surface area contributed by atoms with Crippen LogP contribution in [0.4, 0.5) is 17.4 Å². The minimum absolute atomic E-state index is 0.387. The first-order valence-electron chi connectivity index (χ1n) is 12.5. The smallest absolute Gasteiger partial charge is 0.298 e. The average molecular weight is 494 g/mol. The minimum Gasteiger partial charge on any atom is -0.423 e. The maximum Gasteiger partial charge on any atom is 0.298 e. The molecule has 184 valence electrons.